The van der Waals surface area contributed by atoms with Crippen LogP contribution in [0.3, 0.4) is 0 Å². The van der Waals surface area contributed by atoms with E-state index in [-0.39, 0.29) is 17.3 Å². The summed E-state index contributed by atoms with van der Waals surface area (Å²) in [6, 6.07) is 4.77. The molecule has 13 heteroatoms. The molecule has 0 aromatic heterocycles. The topological polar surface area (TPSA) is 87.7 Å². The van der Waals surface area contributed by atoms with Crippen molar-refractivity contribution in [2.24, 2.45) is 0 Å². The fourth-order valence-electron chi connectivity index (χ4n) is 4.08. The predicted molar refractivity (Wildman–Crippen MR) is 128 cm³/mol. The first kappa shape index (κ1) is 29.5. The molecule has 2 aromatic carbocycles. The number of carbonyl (C=O) groups excluding carboxylic acids is 3. The SMILES string of the molecule is CCCCN1C(=O)NC(c2cccc(NC(=O)c3cc(C(F)(F)F)cc(C(F)(F)F)c3)c2)C(C(=O)OC)=C1C. The van der Waals surface area contributed by atoms with Gasteiger partial charge in [-0.3, -0.25) is 9.69 Å². The predicted octanol–water partition coefficient (Wildman–Crippen LogP) is 6.29. The molecule has 1 aliphatic heterocycles. The number of rotatable bonds is 7. The third-order valence-corrected chi connectivity index (χ3v) is 6.06. The Bertz CT molecular complexity index is 1270. The minimum Gasteiger partial charge on any atom is -0.466 e. The number of esters is 1. The molecule has 0 aliphatic carbocycles. The molecule has 0 fully saturated rings. The molecule has 1 aliphatic rings. The van der Waals surface area contributed by atoms with Crippen molar-refractivity contribution in [3.8, 4) is 0 Å². The Morgan fingerprint density at radius 1 is 1.03 bits per heavy atom. The van der Waals surface area contributed by atoms with Gasteiger partial charge in [-0.2, -0.15) is 26.3 Å². The van der Waals surface area contributed by atoms with Crippen molar-refractivity contribution >= 4 is 23.6 Å². The summed E-state index contributed by atoms with van der Waals surface area (Å²) in [5.74, 6) is -1.93. The van der Waals surface area contributed by atoms with E-state index in [9.17, 15) is 40.7 Å². The van der Waals surface area contributed by atoms with Gasteiger partial charge in [-0.25, -0.2) is 9.59 Å². The molecule has 0 saturated heterocycles. The summed E-state index contributed by atoms with van der Waals surface area (Å²) in [4.78, 5) is 39.6. The van der Waals surface area contributed by atoms with Gasteiger partial charge in [0.1, 0.15) is 0 Å². The summed E-state index contributed by atoms with van der Waals surface area (Å²) in [7, 11) is 1.17. The number of halogens is 6. The second-order valence-electron chi connectivity index (χ2n) is 8.75. The monoisotopic (exact) mass is 557 g/mol. The molecule has 7 nitrogen and oxygen atoms in total. The molecule has 2 N–H and O–H groups in total. The fourth-order valence-corrected chi connectivity index (χ4v) is 4.08. The van der Waals surface area contributed by atoms with Gasteiger partial charge >= 0.3 is 24.4 Å². The van der Waals surface area contributed by atoms with E-state index in [4.69, 9.17) is 4.74 Å². The highest BCUT2D eigenvalue weighted by molar-refractivity contribution is 6.04. The standard InChI is InChI=1S/C26H25F6N3O4/c1-4-5-9-35-14(2)20(23(37)39-3)21(34-24(35)38)15-7-6-8-19(12-15)33-22(36)16-10-17(25(27,28)29)13-18(11-16)26(30,31)32/h6-8,10-13,21H,4-5,9H2,1-3H3,(H,33,36)(H,34,38). The van der Waals surface area contributed by atoms with E-state index in [1.807, 2.05) is 6.92 Å². The second-order valence-corrected chi connectivity index (χ2v) is 8.75. The Labute approximate surface area is 219 Å². The lowest BCUT2D eigenvalue weighted by atomic mass is 9.94. The number of anilines is 1. The summed E-state index contributed by atoms with van der Waals surface area (Å²) in [6.45, 7) is 3.88. The van der Waals surface area contributed by atoms with Gasteiger partial charge in [0.25, 0.3) is 5.91 Å². The third kappa shape index (κ3) is 6.70. The highest BCUT2D eigenvalue weighted by Gasteiger charge is 2.38. The number of amides is 3. The third-order valence-electron chi connectivity index (χ3n) is 6.06. The summed E-state index contributed by atoms with van der Waals surface area (Å²) in [5.41, 5.74) is -3.30. The van der Waals surface area contributed by atoms with Crippen LogP contribution in [0.2, 0.25) is 0 Å². The second kappa shape index (κ2) is 11.4. The van der Waals surface area contributed by atoms with Crippen LogP contribution in [0, 0.1) is 0 Å². The first-order chi connectivity index (χ1) is 18.2. The van der Waals surface area contributed by atoms with E-state index >= 15 is 0 Å². The van der Waals surface area contributed by atoms with Crippen LogP contribution in [0.4, 0.5) is 36.8 Å². The fraction of sp³-hybridized carbons (Fsp3) is 0.346. The summed E-state index contributed by atoms with van der Waals surface area (Å²) < 4.78 is 84.1. The molecular formula is C26H25F6N3O4. The number of hydrogen-bond acceptors (Lipinski definition) is 4. The highest BCUT2D eigenvalue weighted by atomic mass is 19.4. The van der Waals surface area contributed by atoms with Gasteiger partial charge in [0.15, 0.2) is 0 Å². The van der Waals surface area contributed by atoms with Crippen molar-refractivity contribution in [3.63, 3.8) is 0 Å². The molecule has 0 saturated carbocycles. The Hall–Kier alpha value is -4.03. The number of allylic oxidation sites excluding steroid dienone is 1. The van der Waals surface area contributed by atoms with Crippen molar-refractivity contribution in [3.05, 3.63) is 76.0 Å². The van der Waals surface area contributed by atoms with Gasteiger partial charge in [-0.1, -0.05) is 25.5 Å². The van der Waals surface area contributed by atoms with Crippen LogP contribution in [0.1, 0.15) is 59.8 Å². The van der Waals surface area contributed by atoms with E-state index in [2.05, 4.69) is 10.6 Å². The van der Waals surface area contributed by atoms with Gasteiger partial charge < -0.3 is 15.4 Å². The van der Waals surface area contributed by atoms with Crippen LogP contribution >= 0.6 is 0 Å². The van der Waals surface area contributed by atoms with E-state index in [1.54, 1.807) is 6.92 Å². The number of alkyl halides is 6. The number of nitrogens with one attached hydrogen (secondary N) is 2. The van der Waals surface area contributed by atoms with E-state index in [0.29, 0.717) is 36.4 Å². The minimum atomic E-state index is -5.12. The molecule has 0 spiro atoms. The summed E-state index contributed by atoms with van der Waals surface area (Å²) >= 11 is 0. The number of benzene rings is 2. The van der Waals surface area contributed by atoms with Crippen molar-refractivity contribution in [2.75, 3.05) is 19.0 Å². The lowest BCUT2D eigenvalue weighted by Gasteiger charge is -2.35. The number of carbonyl (C=O) groups is 3. The molecule has 3 amide bonds. The Balaban J connectivity index is 1.97. The summed E-state index contributed by atoms with van der Waals surface area (Å²) in [5, 5.41) is 5.00. The van der Waals surface area contributed by atoms with Crippen LogP contribution in [0.15, 0.2) is 53.7 Å². The normalized spacial score (nSPS) is 16.2. The van der Waals surface area contributed by atoms with E-state index in [1.165, 1.54) is 36.3 Å². The lowest BCUT2D eigenvalue weighted by Crippen LogP contribution is -2.48. The molecule has 1 unspecified atom stereocenters. The maximum Gasteiger partial charge on any atom is 0.416 e. The van der Waals surface area contributed by atoms with Gasteiger partial charge in [-0.15, -0.1) is 0 Å². The van der Waals surface area contributed by atoms with Crippen molar-refractivity contribution in [1.29, 1.82) is 0 Å². The molecule has 1 atom stereocenters. The van der Waals surface area contributed by atoms with Crippen LogP contribution in [0.25, 0.3) is 0 Å². The smallest absolute Gasteiger partial charge is 0.416 e. The maximum absolute atomic E-state index is 13.2. The average molecular weight is 557 g/mol. The van der Waals surface area contributed by atoms with E-state index in [0.717, 1.165) is 6.42 Å². The van der Waals surface area contributed by atoms with Crippen LogP contribution < -0.4 is 10.6 Å². The van der Waals surface area contributed by atoms with Crippen LogP contribution in [-0.2, 0) is 21.9 Å². The number of nitrogens with zero attached hydrogens (tertiary/aromatic N) is 1. The average Bonchev–Trinajstić information content (AvgIpc) is 2.86. The number of unbranched alkanes of at least 4 members (excludes halogenated alkanes) is 1. The van der Waals surface area contributed by atoms with Gasteiger partial charge in [0.2, 0.25) is 0 Å². The van der Waals surface area contributed by atoms with Crippen LogP contribution in [-0.4, -0.2) is 36.5 Å². The van der Waals surface area contributed by atoms with E-state index < -0.39 is 53.0 Å². The lowest BCUT2D eigenvalue weighted by molar-refractivity contribution is -0.143. The van der Waals surface area contributed by atoms with Crippen molar-refractivity contribution in [2.45, 2.75) is 45.1 Å². The first-order valence-corrected chi connectivity index (χ1v) is 11.7. The zero-order valence-corrected chi connectivity index (χ0v) is 21.1. The number of methoxy groups -OCH3 is 1. The summed E-state index contributed by atoms with van der Waals surface area (Å²) in [6.07, 6.45) is -8.76. The highest BCUT2D eigenvalue weighted by Crippen LogP contribution is 2.37. The largest absolute Gasteiger partial charge is 0.466 e. The number of hydrogen-bond donors (Lipinski definition) is 2. The Morgan fingerprint density at radius 2 is 1.64 bits per heavy atom. The quantitative estimate of drug-likeness (QED) is 0.310. The van der Waals surface area contributed by atoms with Gasteiger partial charge in [-0.05, 0) is 49.2 Å². The van der Waals surface area contributed by atoms with Crippen molar-refractivity contribution in [1.82, 2.24) is 10.2 Å². The molecular weight excluding hydrogens is 532 g/mol. The zero-order chi connectivity index (χ0) is 29.1. The van der Waals surface area contributed by atoms with Gasteiger partial charge in [0, 0.05) is 23.5 Å². The molecule has 39 heavy (non-hydrogen) atoms. The molecule has 3 rings (SSSR count). The molecule has 0 radical (unpaired) electrons. The molecule has 210 valence electrons. The van der Waals surface area contributed by atoms with Gasteiger partial charge in [0.05, 0.1) is 29.9 Å². The number of ether oxygens (including phenoxy) is 1. The zero-order valence-electron chi connectivity index (χ0n) is 21.1. The Kier molecular flexibility index (Phi) is 8.61. The first-order valence-electron chi connectivity index (χ1n) is 11.7. The minimum absolute atomic E-state index is 0.00741. The van der Waals surface area contributed by atoms with Crippen LogP contribution in [0.5, 0.6) is 0 Å². The molecule has 1 heterocycles. The molecule has 2 aromatic rings. The maximum atomic E-state index is 13.2. The molecule has 0 bridgehead atoms. The van der Waals surface area contributed by atoms with Crippen molar-refractivity contribution < 1.29 is 45.5 Å². The Morgan fingerprint density at radius 3 is 2.18 bits per heavy atom. The number of urea groups is 1.